The van der Waals surface area contributed by atoms with Gasteiger partial charge < -0.3 is 4.74 Å². The van der Waals surface area contributed by atoms with Gasteiger partial charge in [-0.05, 0) is 36.6 Å². The fraction of sp³-hybridized carbons (Fsp3) is 0.294. The van der Waals surface area contributed by atoms with Gasteiger partial charge in [-0.25, -0.2) is 5.43 Å². The summed E-state index contributed by atoms with van der Waals surface area (Å²) in [7, 11) is 0. The quantitative estimate of drug-likeness (QED) is 0.420. The van der Waals surface area contributed by atoms with Crippen molar-refractivity contribution >= 4 is 28.5 Å². The molecule has 1 N–H and O–H groups in total. The molecule has 1 aromatic heterocycles. The maximum atomic E-state index is 11.7. The monoisotopic (exact) mass is 361 g/mol. The highest BCUT2D eigenvalue weighted by molar-refractivity contribution is 7.16. The van der Waals surface area contributed by atoms with E-state index in [0.717, 1.165) is 30.6 Å². The third-order valence-electron chi connectivity index (χ3n) is 3.29. The Bertz CT molecular complexity index is 741. The molecule has 0 atom stereocenters. The molecule has 2 rings (SSSR count). The summed E-state index contributed by atoms with van der Waals surface area (Å²) in [6.45, 7) is 1.99. The first-order valence-corrected chi connectivity index (χ1v) is 8.68. The van der Waals surface area contributed by atoms with Gasteiger partial charge in [0.25, 0.3) is 5.91 Å². The van der Waals surface area contributed by atoms with E-state index in [9.17, 15) is 14.9 Å². The molecule has 2 aromatic rings. The molecular formula is C17H19N3O4S. The molecule has 0 bridgehead atoms. The van der Waals surface area contributed by atoms with Crippen LogP contribution in [0.4, 0.5) is 5.00 Å². The van der Waals surface area contributed by atoms with Crippen LogP contribution >= 0.6 is 11.3 Å². The highest BCUT2D eigenvalue weighted by Crippen LogP contribution is 2.22. The fourth-order valence-corrected chi connectivity index (χ4v) is 2.69. The summed E-state index contributed by atoms with van der Waals surface area (Å²) in [6.07, 6.45) is 4.69. The molecule has 0 saturated carbocycles. The number of carbonyl (C=O) groups excluding carboxylic acids is 1. The molecule has 0 spiro atoms. The fourth-order valence-electron chi connectivity index (χ4n) is 1.99. The second-order valence-corrected chi connectivity index (χ2v) is 6.36. The molecule has 1 aromatic carbocycles. The minimum Gasteiger partial charge on any atom is -0.484 e. The van der Waals surface area contributed by atoms with Gasteiger partial charge in [0, 0.05) is 6.07 Å². The van der Waals surface area contributed by atoms with Gasteiger partial charge in [0.05, 0.1) is 16.0 Å². The molecule has 1 heterocycles. The Morgan fingerprint density at radius 1 is 1.32 bits per heavy atom. The van der Waals surface area contributed by atoms with Crippen LogP contribution in [-0.4, -0.2) is 23.7 Å². The number of rotatable bonds is 9. The van der Waals surface area contributed by atoms with Crippen molar-refractivity contribution in [1.82, 2.24) is 5.43 Å². The molecule has 0 saturated heterocycles. The number of nitro groups is 1. The van der Waals surface area contributed by atoms with Crippen molar-refractivity contribution in [2.24, 2.45) is 5.10 Å². The smallest absolute Gasteiger partial charge is 0.324 e. The number of nitrogens with zero attached hydrogens (tertiary/aromatic N) is 2. The van der Waals surface area contributed by atoms with Crippen LogP contribution in [0.2, 0.25) is 0 Å². The number of aryl methyl sites for hydroxylation is 1. The van der Waals surface area contributed by atoms with E-state index in [1.54, 1.807) is 6.07 Å². The first-order chi connectivity index (χ1) is 12.1. The van der Waals surface area contributed by atoms with Gasteiger partial charge in [-0.2, -0.15) is 5.10 Å². The van der Waals surface area contributed by atoms with E-state index in [2.05, 4.69) is 17.5 Å². The SMILES string of the molecule is CCCCc1ccc(OCC(=O)NN=Cc2ccc([N+](=O)[O-])s2)cc1. The van der Waals surface area contributed by atoms with Gasteiger partial charge in [-0.1, -0.05) is 36.8 Å². The summed E-state index contributed by atoms with van der Waals surface area (Å²) in [5.41, 5.74) is 3.57. The van der Waals surface area contributed by atoms with Crippen LogP contribution in [0.5, 0.6) is 5.75 Å². The van der Waals surface area contributed by atoms with Crippen molar-refractivity contribution in [3.05, 3.63) is 57.0 Å². The number of ether oxygens (including phenoxy) is 1. The van der Waals surface area contributed by atoms with Crippen LogP contribution in [0.3, 0.4) is 0 Å². The second kappa shape index (κ2) is 9.53. The molecule has 0 unspecified atom stereocenters. The molecule has 132 valence electrons. The first-order valence-electron chi connectivity index (χ1n) is 7.86. The predicted molar refractivity (Wildman–Crippen MR) is 97.3 cm³/mol. The van der Waals surface area contributed by atoms with Gasteiger partial charge in [0.15, 0.2) is 6.61 Å². The van der Waals surface area contributed by atoms with Crippen molar-refractivity contribution in [2.75, 3.05) is 6.61 Å². The van der Waals surface area contributed by atoms with E-state index >= 15 is 0 Å². The zero-order valence-electron chi connectivity index (χ0n) is 13.8. The standard InChI is InChI=1S/C17H19N3O4S/c1-2-3-4-13-5-7-14(8-6-13)24-12-16(21)19-18-11-15-9-10-17(25-15)20(22)23/h5-11H,2-4,12H2,1H3,(H,19,21). The number of hydrogen-bond acceptors (Lipinski definition) is 6. The second-order valence-electron chi connectivity index (χ2n) is 5.26. The summed E-state index contributed by atoms with van der Waals surface area (Å²) in [5, 5.41) is 14.4. The van der Waals surface area contributed by atoms with Crippen LogP contribution < -0.4 is 10.2 Å². The Balaban J connectivity index is 1.74. The number of hydrogen-bond donors (Lipinski definition) is 1. The average Bonchev–Trinajstić information content (AvgIpc) is 3.08. The zero-order valence-corrected chi connectivity index (χ0v) is 14.6. The molecule has 8 heteroatoms. The van der Waals surface area contributed by atoms with E-state index in [1.165, 1.54) is 17.8 Å². The lowest BCUT2D eigenvalue weighted by atomic mass is 10.1. The Morgan fingerprint density at radius 3 is 2.72 bits per heavy atom. The maximum absolute atomic E-state index is 11.7. The van der Waals surface area contributed by atoms with E-state index < -0.39 is 10.8 Å². The number of unbranched alkanes of at least 4 members (excludes halogenated alkanes) is 1. The Labute approximate surface area is 149 Å². The number of carbonyl (C=O) groups is 1. The minimum absolute atomic E-state index is 0.0264. The highest BCUT2D eigenvalue weighted by Gasteiger charge is 2.08. The lowest BCUT2D eigenvalue weighted by Crippen LogP contribution is -2.24. The molecule has 1 amide bonds. The summed E-state index contributed by atoms with van der Waals surface area (Å²) < 4.78 is 5.39. The van der Waals surface area contributed by atoms with Gasteiger partial charge >= 0.3 is 5.00 Å². The summed E-state index contributed by atoms with van der Waals surface area (Å²) >= 11 is 0.979. The summed E-state index contributed by atoms with van der Waals surface area (Å²) in [5.74, 6) is 0.214. The third kappa shape index (κ3) is 6.34. The molecule has 0 aliphatic rings. The van der Waals surface area contributed by atoms with Crippen LogP contribution in [-0.2, 0) is 11.2 Å². The van der Waals surface area contributed by atoms with E-state index in [1.807, 2.05) is 24.3 Å². The van der Waals surface area contributed by atoms with Crippen molar-refractivity contribution in [3.8, 4) is 5.75 Å². The van der Waals surface area contributed by atoms with Gasteiger partial charge in [-0.3, -0.25) is 14.9 Å². The Hall–Kier alpha value is -2.74. The van der Waals surface area contributed by atoms with Gasteiger partial charge in [0.2, 0.25) is 0 Å². The molecule has 0 fully saturated rings. The van der Waals surface area contributed by atoms with Crippen molar-refractivity contribution < 1.29 is 14.5 Å². The minimum atomic E-state index is -0.470. The molecule has 25 heavy (non-hydrogen) atoms. The molecule has 0 aliphatic carbocycles. The molecule has 7 nitrogen and oxygen atoms in total. The largest absolute Gasteiger partial charge is 0.484 e. The summed E-state index contributed by atoms with van der Waals surface area (Å²) in [4.78, 5) is 22.4. The van der Waals surface area contributed by atoms with Gasteiger partial charge in [0.1, 0.15) is 5.75 Å². The Morgan fingerprint density at radius 2 is 2.08 bits per heavy atom. The zero-order chi connectivity index (χ0) is 18.1. The maximum Gasteiger partial charge on any atom is 0.324 e. The van der Waals surface area contributed by atoms with Crippen molar-refractivity contribution in [3.63, 3.8) is 0 Å². The normalized spacial score (nSPS) is 10.8. The first kappa shape index (κ1) is 18.6. The Kier molecular flexibility index (Phi) is 7.09. The predicted octanol–water partition coefficient (Wildman–Crippen LogP) is 3.53. The van der Waals surface area contributed by atoms with Crippen molar-refractivity contribution in [1.29, 1.82) is 0 Å². The lowest BCUT2D eigenvalue weighted by Gasteiger charge is -2.06. The number of benzene rings is 1. The van der Waals surface area contributed by atoms with Crippen LogP contribution in [0.25, 0.3) is 0 Å². The molecule has 0 radical (unpaired) electrons. The number of nitrogens with one attached hydrogen (secondary N) is 1. The number of hydrazone groups is 1. The third-order valence-corrected chi connectivity index (χ3v) is 4.26. The highest BCUT2D eigenvalue weighted by atomic mass is 32.1. The van der Waals surface area contributed by atoms with Crippen LogP contribution in [0.1, 0.15) is 30.2 Å². The van der Waals surface area contributed by atoms with Crippen LogP contribution in [0, 0.1) is 10.1 Å². The number of amides is 1. The van der Waals surface area contributed by atoms with Crippen LogP contribution in [0.15, 0.2) is 41.5 Å². The van der Waals surface area contributed by atoms with E-state index in [0.29, 0.717) is 10.6 Å². The molecule has 0 aliphatic heterocycles. The number of thiophene rings is 1. The topological polar surface area (TPSA) is 93.8 Å². The molecular weight excluding hydrogens is 342 g/mol. The van der Waals surface area contributed by atoms with E-state index in [-0.39, 0.29) is 11.6 Å². The van der Waals surface area contributed by atoms with Crippen molar-refractivity contribution in [2.45, 2.75) is 26.2 Å². The average molecular weight is 361 g/mol. The lowest BCUT2D eigenvalue weighted by molar-refractivity contribution is -0.380. The summed E-state index contributed by atoms with van der Waals surface area (Å²) in [6, 6.07) is 10.6. The van der Waals surface area contributed by atoms with Gasteiger partial charge in [-0.15, -0.1) is 0 Å². The van der Waals surface area contributed by atoms with E-state index in [4.69, 9.17) is 4.74 Å².